The van der Waals surface area contributed by atoms with Gasteiger partial charge in [-0.3, -0.25) is 9.69 Å². The molecular formula is C20H26N6OS2. The zero-order valence-corrected chi connectivity index (χ0v) is 18.4. The third kappa shape index (κ3) is 6.16. The molecule has 3 rings (SSSR count). The topological polar surface area (TPSA) is 85.2 Å². The molecule has 1 unspecified atom stereocenters. The smallest absolute Gasteiger partial charge is 0.233 e. The number of benzene rings is 1. The normalized spacial score (nSPS) is 15.9. The van der Waals surface area contributed by atoms with Gasteiger partial charge in [0.25, 0.3) is 0 Å². The summed E-state index contributed by atoms with van der Waals surface area (Å²) in [6.45, 7) is 7.82. The van der Waals surface area contributed by atoms with Crippen LogP contribution in [0.5, 0.6) is 0 Å². The second-order valence-corrected chi connectivity index (χ2v) is 9.50. The van der Waals surface area contributed by atoms with E-state index in [4.69, 9.17) is 0 Å². The van der Waals surface area contributed by atoms with Crippen LogP contribution in [0.2, 0.25) is 0 Å². The number of amides is 1. The van der Waals surface area contributed by atoms with Crippen LogP contribution >= 0.6 is 23.1 Å². The van der Waals surface area contributed by atoms with E-state index in [1.165, 1.54) is 23.1 Å². The minimum Gasteiger partial charge on any atom is -0.360 e. The van der Waals surface area contributed by atoms with Crippen molar-refractivity contribution in [2.24, 2.45) is 5.92 Å². The number of hydrogen-bond donors (Lipinski definition) is 1. The van der Waals surface area contributed by atoms with Gasteiger partial charge in [0.1, 0.15) is 6.04 Å². The number of carbonyl (C=O) groups excluding carboxylic acids is 1. The molecule has 0 bridgehead atoms. The summed E-state index contributed by atoms with van der Waals surface area (Å²) in [5, 5.41) is 21.9. The lowest BCUT2D eigenvalue weighted by Crippen LogP contribution is -2.50. The Morgan fingerprint density at radius 2 is 1.97 bits per heavy atom. The quantitative estimate of drug-likeness (QED) is 0.644. The number of thioether (sulfide) groups is 1. The van der Waals surface area contributed by atoms with Crippen molar-refractivity contribution in [3.8, 4) is 6.07 Å². The number of anilines is 1. The first-order valence-electron chi connectivity index (χ1n) is 9.73. The van der Waals surface area contributed by atoms with Crippen LogP contribution in [0.4, 0.5) is 5.13 Å². The van der Waals surface area contributed by atoms with Crippen LogP contribution in [-0.4, -0.2) is 64.4 Å². The molecule has 1 aliphatic rings. The van der Waals surface area contributed by atoms with E-state index in [1.807, 2.05) is 35.2 Å². The Labute approximate surface area is 180 Å². The van der Waals surface area contributed by atoms with Crippen LogP contribution in [0.1, 0.15) is 25.5 Å². The number of piperazine rings is 1. The molecule has 7 nitrogen and oxygen atoms in total. The summed E-state index contributed by atoms with van der Waals surface area (Å²) in [5.41, 5.74) is 1.00. The molecule has 1 atom stereocenters. The van der Waals surface area contributed by atoms with E-state index in [-0.39, 0.29) is 11.9 Å². The summed E-state index contributed by atoms with van der Waals surface area (Å²) in [6, 6.07) is 12.0. The van der Waals surface area contributed by atoms with Crippen LogP contribution in [0.15, 0.2) is 34.7 Å². The van der Waals surface area contributed by atoms with Gasteiger partial charge in [0.05, 0.1) is 11.8 Å². The highest BCUT2D eigenvalue weighted by atomic mass is 32.2. The van der Waals surface area contributed by atoms with Crippen LogP contribution in [0.3, 0.4) is 0 Å². The predicted molar refractivity (Wildman–Crippen MR) is 117 cm³/mol. The zero-order valence-electron chi connectivity index (χ0n) is 16.7. The maximum absolute atomic E-state index is 12.6. The first kappa shape index (κ1) is 21.6. The fraction of sp³-hybridized carbons (Fsp3) is 0.500. The average molecular weight is 431 g/mol. The number of hydrogen-bond acceptors (Lipinski definition) is 8. The van der Waals surface area contributed by atoms with Gasteiger partial charge in [-0.25, -0.2) is 0 Å². The molecule has 2 heterocycles. The summed E-state index contributed by atoms with van der Waals surface area (Å²) in [4.78, 5) is 16.6. The molecule has 2 aromatic rings. The number of carbonyl (C=O) groups is 1. The third-order valence-electron chi connectivity index (χ3n) is 4.66. The van der Waals surface area contributed by atoms with Gasteiger partial charge in [-0.05, 0) is 11.5 Å². The van der Waals surface area contributed by atoms with Gasteiger partial charge in [0.15, 0.2) is 4.34 Å². The van der Waals surface area contributed by atoms with Crippen molar-refractivity contribution in [1.82, 2.24) is 20.0 Å². The number of nitrogens with one attached hydrogen (secondary N) is 1. The summed E-state index contributed by atoms with van der Waals surface area (Å²) in [5.74, 6) is 1.01. The molecule has 1 N–H and O–H groups in total. The molecule has 1 saturated heterocycles. The van der Waals surface area contributed by atoms with Gasteiger partial charge in [0, 0.05) is 32.7 Å². The highest BCUT2D eigenvalue weighted by molar-refractivity contribution is 8.01. The van der Waals surface area contributed by atoms with E-state index >= 15 is 0 Å². The van der Waals surface area contributed by atoms with Crippen LogP contribution in [0, 0.1) is 17.2 Å². The maximum atomic E-state index is 12.6. The minimum absolute atomic E-state index is 0.106. The first-order valence-corrected chi connectivity index (χ1v) is 11.5. The molecule has 0 aliphatic carbocycles. The van der Waals surface area contributed by atoms with Gasteiger partial charge in [0.2, 0.25) is 11.0 Å². The molecular weight excluding hydrogens is 404 g/mol. The van der Waals surface area contributed by atoms with Crippen molar-refractivity contribution in [2.45, 2.75) is 24.2 Å². The number of rotatable bonds is 8. The van der Waals surface area contributed by atoms with Gasteiger partial charge in [-0.2, -0.15) is 5.26 Å². The van der Waals surface area contributed by atoms with Crippen molar-refractivity contribution in [3.05, 3.63) is 35.9 Å². The van der Waals surface area contributed by atoms with Gasteiger partial charge < -0.3 is 10.2 Å². The predicted octanol–water partition coefficient (Wildman–Crippen LogP) is 3.11. The molecule has 9 heteroatoms. The molecule has 1 amide bonds. The summed E-state index contributed by atoms with van der Waals surface area (Å²) < 4.78 is 0.803. The highest BCUT2D eigenvalue weighted by Gasteiger charge is 2.27. The van der Waals surface area contributed by atoms with Crippen molar-refractivity contribution in [2.75, 3.05) is 43.8 Å². The molecule has 0 spiro atoms. The van der Waals surface area contributed by atoms with Gasteiger partial charge >= 0.3 is 0 Å². The fourth-order valence-electron chi connectivity index (χ4n) is 3.08. The Balaban J connectivity index is 1.45. The largest absolute Gasteiger partial charge is 0.360 e. The van der Waals surface area contributed by atoms with E-state index in [0.717, 1.165) is 21.6 Å². The average Bonchev–Trinajstić information content (AvgIpc) is 3.20. The summed E-state index contributed by atoms with van der Waals surface area (Å²) in [6.07, 6.45) is 0. The summed E-state index contributed by atoms with van der Waals surface area (Å²) in [7, 11) is 0. The SMILES string of the molecule is CC(C)CNc1nnc(SCC(=O)N2CCN(C(C#N)c3ccccc3)CC2)s1. The molecule has 154 valence electrons. The lowest BCUT2D eigenvalue weighted by atomic mass is 10.1. The van der Waals surface area contributed by atoms with Crippen LogP contribution in [-0.2, 0) is 4.79 Å². The highest BCUT2D eigenvalue weighted by Crippen LogP contribution is 2.26. The lowest BCUT2D eigenvalue weighted by Gasteiger charge is -2.37. The van der Waals surface area contributed by atoms with E-state index in [2.05, 4.69) is 40.3 Å². The first-order chi connectivity index (χ1) is 14.1. The third-order valence-corrected chi connectivity index (χ3v) is 6.66. The monoisotopic (exact) mass is 430 g/mol. The van der Waals surface area contributed by atoms with E-state index in [1.54, 1.807) is 0 Å². The van der Waals surface area contributed by atoms with Crippen molar-refractivity contribution in [1.29, 1.82) is 5.26 Å². The van der Waals surface area contributed by atoms with E-state index < -0.39 is 0 Å². The van der Waals surface area contributed by atoms with Crippen molar-refractivity contribution >= 4 is 34.1 Å². The molecule has 29 heavy (non-hydrogen) atoms. The Kier molecular flexibility index (Phi) is 7.86. The molecule has 0 radical (unpaired) electrons. The molecule has 1 aromatic heterocycles. The van der Waals surface area contributed by atoms with Gasteiger partial charge in [-0.15, -0.1) is 10.2 Å². The maximum Gasteiger partial charge on any atom is 0.233 e. The van der Waals surface area contributed by atoms with E-state index in [9.17, 15) is 10.1 Å². The Morgan fingerprint density at radius 1 is 1.24 bits per heavy atom. The minimum atomic E-state index is -0.263. The fourth-order valence-corrected chi connectivity index (χ4v) is 4.74. The molecule has 1 fully saturated rings. The Morgan fingerprint density at radius 3 is 2.62 bits per heavy atom. The lowest BCUT2D eigenvalue weighted by molar-refractivity contribution is -0.130. The number of aromatic nitrogens is 2. The van der Waals surface area contributed by atoms with E-state index in [0.29, 0.717) is 37.8 Å². The van der Waals surface area contributed by atoms with Crippen LogP contribution in [0.25, 0.3) is 0 Å². The summed E-state index contributed by atoms with van der Waals surface area (Å²) >= 11 is 2.92. The zero-order chi connectivity index (χ0) is 20.6. The van der Waals surface area contributed by atoms with Crippen molar-refractivity contribution < 1.29 is 4.79 Å². The Bertz CT molecular complexity index is 827. The second-order valence-electron chi connectivity index (χ2n) is 7.30. The number of nitriles is 1. The Hall–Kier alpha value is -2.15. The molecule has 1 aliphatic heterocycles. The standard InChI is InChI=1S/C20H26N6OS2/c1-15(2)13-22-19-23-24-20(29-19)28-14-18(27)26-10-8-25(9-11-26)17(12-21)16-6-4-3-5-7-16/h3-7,15,17H,8-11,13-14H2,1-2H3,(H,22,23). The van der Waals surface area contributed by atoms with Crippen molar-refractivity contribution in [3.63, 3.8) is 0 Å². The number of nitrogens with zero attached hydrogens (tertiary/aromatic N) is 5. The molecule has 1 aromatic carbocycles. The van der Waals surface area contributed by atoms with Gasteiger partial charge in [-0.1, -0.05) is 67.3 Å². The van der Waals surface area contributed by atoms with Crippen LogP contribution < -0.4 is 5.32 Å². The second kappa shape index (κ2) is 10.6. The molecule has 0 saturated carbocycles.